The van der Waals surface area contributed by atoms with Crippen LogP contribution in [0.5, 0.6) is 0 Å². The first-order valence-corrected chi connectivity index (χ1v) is 14.5. The Hall–Kier alpha value is -2.88. The number of aliphatic hydroxyl groups is 1. The molecule has 0 aliphatic carbocycles. The molecule has 39 heavy (non-hydrogen) atoms. The fourth-order valence-corrected chi connectivity index (χ4v) is 5.56. The molecule has 1 aromatic heterocycles. The second kappa shape index (κ2) is 15.1. The van der Waals surface area contributed by atoms with E-state index in [0.29, 0.717) is 22.7 Å². The highest BCUT2D eigenvalue weighted by atomic mass is 32.1. The van der Waals surface area contributed by atoms with Gasteiger partial charge >= 0.3 is 0 Å². The largest absolute Gasteiger partial charge is 0.390 e. The molecule has 0 aliphatic heterocycles. The van der Waals surface area contributed by atoms with Crippen molar-refractivity contribution in [3.63, 3.8) is 0 Å². The molecule has 3 rings (SSSR count). The lowest BCUT2D eigenvalue weighted by Crippen LogP contribution is -2.48. The van der Waals surface area contributed by atoms with E-state index in [2.05, 4.69) is 53.4 Å². The molecule has 2 aromatic carbocycles. The second-order valence-electron chi connectivity index (χ2n) is 9.83. The number of rotatable bonds is 15. The molecule has 3 N–H and O–H groups in total. The minimum Gasteiger partial charge on any atom is -0.390 e. The summed E-state index contributed by atoms with van der Waals surface area (Å²) in [5.74, 6) is -1.76. The molecule has 0 fully saturated rings. The van der Waals surface area contributed by atoms with Gasteiger partial charge in [0.25, 0.3) is 5.91 Å². The van der Waals surface area contributed by atoms with E-state index in [1.807, 2.05) is 12.1 Å². The van der Waals surface area contributed by atoms with Gasteiger partial charge in [0.05, 0.1) is 17.8 Å². The van der Waals surface area contributed by atoms with Crippen molar-refractivity contribution in [1.29, 1.82) is 0 Å². The van der Waals surface area contributed by atoms with E-state index in [4.69, 9.17) is 0 Å². The van der Waals surface area contributed by atoms with Crippen molar-refractivity contribution < 1.29 is 18.7 Å². The van der Waals surface area contributed by atoms with Crippen molar-refractivity contribution >= 4 is 22.4 Å². The average molecular weight is 559 g/mol. The van der Waals surface area contributed by atoms with Gasteiger partial charge in [-0.05, 0) is 61.4 Å². The van der Waals surface area contributed by atoms with E-state index < -0.39 is 23.8 Å². The molecule has 6 nitrogen and oxygen atoms in total. The summed E-state index contributed by atoms with van der Waals surface area (Å²) in [5, 5.41) is 18.1. The number of benzene rings is 2. The molecule has 0 bridgehead atoms. The normalized spacial score (nSPS) is 12.8. The molecule has 9 heteroatoms. The zero-order valence-electron chi connectivity index (χ0n) is 23.3. The molecule has 0 radical (unpaired) electrons. The summed E-state index contributed by atoms with van der Waals surface area (Å²) in [6, 6.07) is 10.7. The Morgan fingerprint density at radius 3 is 2.33 bits per heavy atom. The summed E-state index contributed by atoms with van der Waals surface area (Å²) in [4.78, 5) is 20.7. The monoisotopic (exact) mass is 558 g/mol. The van der Waals surface area contributed by atoms with Crippen LogP contribution in [0.4, 0.5) is 13.9 Å². The highest BCUT2D eigenvalue weighted by Crippen LogP contribution is 2.27. The first-order chi connectivity index (χ1) is 18.7. The van der Waals surface area contributed by atoms with Crippen LogP contribution in [0.25, 0.3) is 0 Å². The van der Waals surface area contributed by atoms with Gasteiger partial charge in [0, 0.05) is 32.2 Å². The molecule has 0 saturated heterocycles. The lowest BCUT2D eigenvalue weighted by molar-refractivity contribution is 0.0833. The summed E-state index contributed by atoms with van der Waals surface area (Å²) < 4.78 is 27.8. The van der Waals surface area contributed by atoms with Crippen LogP contribution >= 0.6 is 11.3 Å². The van der Waals surface area contributed by atoms with E-state index >= 15 is 0 Å². The summed E-state index contributed by atoms with van der Waals surface area (Å²) in [5.41, 5.74) is 3.28. The van der Waals surface area contributed by atoms with Gasteiger partial charge in [-0.1, -0.05) is 56.4 Å². The maximum absolute atomic E-state index is 13.9. The van der Waals surface area contributed by atoms with Crippen molar-refractivity contribution in [3.8, 4) is 0 Å². The number of carbonyl (C=O) groups excluding carboxylic acids is 1. The number of halogens is 2. The van der Waals surface area contributed by atoms with Gasteiger partial charge in [-0.3, -0.25) is 4.79 Å². The standard InChI is InChI=1S/C30H40F2N4O2S/c1-5-11-36(12-6-2)30-34-20(4)28(39-30)29(38)35-26(16-23-14-24(31)17-25(32)15-23)27(37)19-33-18-22-10-8-9-21(7-3)13-22/h8-10,13-15,17,26-27,33,37H,5-7,11-12,16,18-19H2,1-4H3,(H,35,38). The Labute approximate surface area is 234 Å². The van der Waals surface area contributed by atoms with Crippen LogP contribution in [0.3, 0.4) is 0 Å². The second-order valence-corrected chi connectivity index (χ2v) is 10.8. The number of aromatic nitrogens is 1. The fraction of sp³-hybridized carbons (Fsp3) is 0.467. The molecule has 2 atom stereocenters. The van der Waals surface area contributed by atoms with Crippen LogP contribution in [-0.2, 0) is 19.4 Å². The van der Waals surface area contributed by atoms with Crippen LogP contribution in [0.2, 0.25) is 0 Å². The number of thiazole rings is 1. The molecule has 2 unspecified atom stereocenters. The molecule has 3 aromatic rings. The SMILES string of the molecule is CCCN(CCC)c1nc(C)c(C(=O)NC(Cc2cc(F)cc(F)c2)C(O)CNCc2cccc(CC)c2)s1. The van der Waals surface area contributed by atoms with Gasteiger partial charge in [0.15, 0.2) is 5.13 Å². The Kier molecular flexibility index (Phi) is 11.8. The highest BCUT2D eigenvalue weighted by Gasteiger charge is 2.26. The van der Waals surface area contributed by atoms with Crippen molar-refractivity contribution in [2.24, 2.45) is 0 Å². The number of nitrogens with zero attached hydrogens (tertiary/aromatic N) is 2. The number of anilines is 1. The summed E-state index contributed by atoms with van der Waals surface area (Å²) in [6.45, 7) is 10.5. The predicted molar refractivity (Wildman–Crippen MR) is 154 cm³/mol. The topological polar surface area (TPSA) is 77.5 Å². The molecule has 0 aliphatic rings. The number of amides is 1. The Bertz CT molecular complexity index is 1190. The molecular formula is C30H40F2N4O2S. The fourth-order valence-electron chi connectivity index (χ4n) is 4.54. The average Bonchev–Trinajstić information content (AvgIpc) is 3.29. The molecule has 1 heterocycles. The molecular weight excluding hydrogens is 518 g/mol. The van der Waals surface area contributed by atoms with E-state index in [1.54, 1.807) is 6.92 Å². The first-order valence-electron chi connectivity index (χ1n) is 13.7. The van der Waals surface area contributed by atoms with Gasteiger partial charge in [-0.2, -0.15) is 0 Å². The van der Waals surface area contributed by atoms with Gasteiger partial charge < -0.3 is 20.6 Å². The number of carbonyl (C=O) groups is 1. The van der Waals surface area contributed by atoms with Gasteiger partial charge in [0.1, 0.15) is 16.5 Å². The quantitative estimate of drug-likeness (QED) is 0.233. The minimum atomic E-state index is -1.00. The van der Waals surface area contributed by atoms with Crippen molar-refractivity contribution in [2.75, 3.05) is 24.5 Å². The highest BCUT2D eigenvalue weighted by molar-refractivity contribution is 7.17. The third kappa shape index (κ3) is 9.08. The molecule has 212 valence electrons. The van der Waals surface area contributed by atoms with Gasteiger partial charge in [-0.15, -0.1) is 0 Å². The Balaban J connectivity index is 1.76. The lowest BCUT2D eigenvalue weighted by Gasteiger charge is -2.25. The number of hydrogen-bond acceptors (Lipinski definition) is 6. The number of aliphatic hydroxyl groups excluding tert-OH is 1. The lowest BCUT2D eigenvalue weighted by atomic mass is 10.00. The maximum atomic E-state index is 13.9. The van der Waals surface area contributed by atoms with Crippen molar-refractivity contribution in [3.05, 3.63) is 81.4 Å². The Morgan fingerprint density at radius 2 is 1.69 bits per heavy atom. The van der Waals surface area contributed by atoms with E-state index in [-0.39, 0.29) is 18.9 Å². The van der Waals surface area contributed by atoms with Crippen molar-refractivity contribution in [2.45, 2.75) is 72.1 Å². The van der Waals surface area contributed by atoms with Gasteiger partial charge in [-0.25, -0.2) is 13.8 Å². The van der Waals surface area contributed by atoms with E-state index in [1.165, 1.54) is 29.0 Å². The van der Waals surface area contributed by atoms with Crippen LogP contribution in [-0.4, -0.2) is 47.8 Å². The van der Waals surface area contributed by atoms with Crippen LogP contribution in [0.1, 0.15) is 65.7 Å². The Morgan fingerprint density at radius 1 is 1.03 bits per heavy atom. The number of hydrogen-bond donors (Lipinski definition) is 3. The maximum Gasteiger partial charge on any atom is 0.263 e. The molecule has 0 spiro atoms. The summed E-state index contributed by atoms with van der Waals surface area (Å²) in [6.07, 6.45) is 1.93. The minimum absolute atomic E-state index is 0.0666. The van der Waals surface area contributed by atoms with Crippen LogP contribution in [0.15, 0.2) is 42.5 Å². The zero-order valence-corrected chi connectivity index (χ0v) is 24.1. The predicted octanol–water partition coefficient (Wildman–Crippen LogP) is 5.41. The summed E-state index contributed by atoms with van der Waals surface area (Å²) >= 11 is 1.32. The smallest absolute Gasteiger partial charge is 0.263 e. The third-order valence-electron chi connectivity index (χ3n) is 6.49. The van der Waals surface area contributed by atoms with Crippen LogP contribution < -0.4 is 15.5 Å². The van der Waals surface area contributed by atoms with Crippen molar-refractivity contribution in [1.82, 2.24) is 15.6 Å². The van der Waals surface area contributed by atoms with Crippen LogP contribution in [0, 0.1) is 18.6 Å². The third-order valence-corrected chi connectivity index (χ3v) is 7.71. The van der Waals surface area contributed by atoms with Gasteiger partial charge in [0.2, 0.25) is 0 Å². The molecule has 1 amide bonds. The summed E-state index contributed by atoms with van der Waals surface area (Å²) in [7, 11) is 0. The molecule has 0 saturated carbocycles. The van der Waals surface area contributed by atoms with E-state index in [0.717, 1.165) is 49.1 Å². The van der Waals surface area contributed by atoms with E-state index in [9.17, 15) is 18.7 Å². The first kappa shape index (κ1) is 30.7. The number of aryl methyl sites for hydroxylation is 2. The zero-order chi connectivity index (χ0) is 28.4. The number of nitrogens with one attached hydrogen (secondary N) is 2.